The molecule has 0 aliphatic heterocycles. The quantitative estimate of drug-likeness (QED) is 0.464. The lowest BCUT2D eigenvalue weighted by molar-refractivity contribution is -0.333. The van der Waals surface area contributed by atoms with Crippen LogP contribution in [-0.2, 0) is 9.13 Å². The van der Waals surface area contributed by atoms with Crippen LogP contribution in [0.3, 0.4) is 0 Å². The molecule has 0 aromatic heterocycles. The third kappa shape index (κ3) is 4.25. The molecule has 0 saturated carbocycles. The van der Waals surface area contributed by atoms with E-state index in [9.17, 15) is 28.7 Å². The monoisotopic (exact) mass is 443 g/mol. The average Bonchev–Trinajstić information content (AvgIpc) is 2.66. The van der Waals surface area contributed by atoms with Gasteiger partial charge in [0, 0.05) is 11.1 Å². The van der Waals surface area contributed by atoms with E-state index in [2.05, 4.69) is 0 Å². The Balaban J connectivity index is 2.16. The highest BCUT2D eigenvalue weighted by Crippen LogP contribution is 2.50. The van der Waals surface area contributed by atoms with E-state index in [1.807, 2.05) is 0 Å². The zero-order valence-corrected chi connectivity index (χ0v) is 16.9. The van der Waals surface area contributed by atoms with Gasteiger partial charge in [-0.05, 0) is 33.7 Å². The topological polar surface area (TPSA) is 142 Å². The van der Waals surface area contributed by atoms with Crippen LogP contribution in [0.1, 0.15) is 0 Å². The highest BCUT2D eigenvalue weighted by atomic mass is 31.2. The van der Waals surface area contributed by atoms with Gasteiger partial charge in [0.2, 0.25) is 0 Å². The van der Waals surface area contributed by atoms with Gasteiger partial charge in [0.15, 0.2) is 0 Å². The molecule has 0 radical (unpaired) electrons. The molecule has 154 valence electrons. The van der Waals surface area contributed by atoms with E-state index >= 15 is 0 Å². The van der Waals surface area contributed by atoms with Gasteiger partial charge in [-0.25, -0.2) is 0 Å². The SMILES string of the molecule is O=P([O-])([O-])Oc1ccc2ccccc2c1-c1c(OP(=O)([O-])O)ccc2ccccc12. The molecular formula is C20H13O8P2-3. The fourth-order valence-corrected chi connectivity index (χ4v) is 4.21. The van der Waals surface area contributed by atoms with Gasteiger partial charge in [-0.2, -0.15) is 0 Å². The zero-order chi connectivity index (χ0) is 21.5. The number of phosphoric ester groups is 2. The minimum atomic E-state index is -5.44. The summed E-state index contributed by atoms with van der Waals surface area (Å²) < 4.78 is 32.4. The van der Waals surface area contributed by atoms with E-state index in [0.29, 0.717) is 21.5 Å². The van der Waals surface area contributed by atoms with Gasteiger partial charge < -0.3 is 33.2 Å². The van der Waals surface area contributed by atoms with Gasteiger partial charge in [-0.15, -0.1) is 0 Å². The summed E-state index contributed by atoms with van der Waals surface area (Å²) in [5, 5.41) is 2.35. The molecule has 0 bridgehead atoms. The number of benzene rings is 4. The van der Waals surface area contributed by atoms with Crippen molar-refractivity contribution in [3.63, 3.8) is 0 Å². The smallest absolute Gasteiger partial charge is 0.317 e. The molecule has 1 N–H and O–H groups in total. The molecule has 10 heteroatoms. The van der Waals surface area contributed by atoms with Crippen molar-refractivity contribution in [2.45, 2.75) is 0 Å². The van der Waals surface area contributed by atoms with Crippen molar-refractivity contribution in [3.8, 4) is 22.6 Å². The summed E-state index contributed by atoms with van der Waals surface area (Å²) in [5.74, 6) is -0.538. The predicted octanol–water partition coefficient (Wildman–Crippen LogP) is 2.71. The highest BCUT2D eigenvalue weighted by Gasteiger charge is 2.21. The van der Waals surface area contributed by atoms with Crippen LogP contribution in [0.5, 0.6) is 11.5 Å². The molecule has 0 spiro atoms. The average molecular weight is 443 g/mol. The Morgan fingerprint density at radius 3 is 1.50 bits per heavy atom. The van der Waals surface area contributed by atoms with E-state index in [4.69, 9.17) is 9.05 Å². The second kappa shape index (κ2) is 7.52. The first-order valence-corrected chi connectivity index (χ1v) is 11.6. The summed E-state index contributed by atoms with van der Waals surface area (Å²) in [7, 11) is -10.6. The summed E-state index contributed by atoms with van der Waals surface area (Å²) in [6, 6.07) is 19.6. The minimum absolute atomic E-state index is 0.139. The second-order valence-electron chi connectivity index (χ2n) is 6.42. The highest BCUT2D eigenvalue weighted by molar-refractivity contribution is 7.45. The fraction of sp³-hybridized carbons (Fsp3) is 0. The molecule has 0 aliphatic carbocycles. The van der Waals surface area contributed by atoms with Gasteiger partial charge in [0.25, 0.3) is 0 Å². The maximum absolute atomic E-state index is 11.5. The number of fused-ring (bicyclic) bond motifs is 2. The fourth-order valence-electron chi connectivity index (χ4n) is 3.42. The first kappa shape index (κ1) is 20.6. The largest absolute Gasteiger partial charge is 0.780 e. The van der Waals surface area contributed by atoms with Crippen molar-refractivity contribution in [1.82, 2.24) is 0 Å². The predicted molar refractivity (Wildman–Crippen MR) is 106 cm³/mol. The van der Waals surface area contributed by atoms with E-state index in [1.165, 1.54) is 12.1 Å². The van der Waals surface area contributed by atoms with Crippen LogP contribution in [0.2, 0.25) is 0 Å². The Hall–Kier alpha value is -2.70. The van der Waals surface area contributed by atoms with E-state index < -0.39 is 15.6 Å². The Morgan fingerprint density at radius 1 is 0.633 bits per heavy atom. The van der Waals surface area contributed by atoms with Crippen LogP contribution in [0.4, 0.5) is 0 Å². The molecule has 4 aromatic rings. The van der Waals surface area contributed by atoms with Crippen molar-refractivity contribution >= 4 is 37.2 Å². The molecule has 30 heavy (non-hydrogen) atoms. The van der Waals surface area contributed by atoms with E-state index in [-0.39, 0.29) is 22.6 Å². The Bertz CT molecular complexity index is 1250. The number of hydrogen-bond donors (Lipinski definition) is 1. The summed E-state index contributed by atoms with van der Waals surface area (Å²) in [5.41, 5.74) is 0.291. The lowest BCUT2D eigenvalue weighted by Gasteiger charge is -2.31. The third-order valence-electron chi connectivity index (χ3n) is 4.46. The molecule has 0 fully saturated rings. The lowest BCUT2D eigenvalue weighted by Crippen LogP contribution is -2.19. The third-order valence-corrected chi connectivity index (χ3v) is 5.30. The maximum Gasteiger partial charge on any atom is 0.317 e. The molecule has 8 nitrogen and oxygen atoms in total. The van der Waals surface area contributed by atoms with Crippen molar-refractivity contribution < 1.29 is 37.8 Å². The van der Waals surface area contributed by atoms with Gasteiger partial charge in [-0.3, -0.25) is 4.57 Å². The van der Waals surface area contributed by atoms with Gasteiger partial charge in [0.05, 0.1) is 0 Å². The molecule has 0 saturated heterocycles. The lowest BCUT2D eigenvalue weighted by atomic mass is 9.92. The van der Waals surface area contributed by atoms with Crippen LogP contribution >= 0.6 is 15.6 Å². The van der Waals surface area contributed by atoms with E-state index in [1.54, 1.807) is 60.7 Å². The molecule has 4 rings (SSSR count). The summed E-state index contributed by atoms with van der Waals surface area (Å²) in [6.07, 6.45) is 0. The number of hydrogen-bond acceptors (Lipinski definition) is 7. The molecule has 4 aromatic carbocycles. The Labute approximate surface area is 170 Å². The molecular weight excluding hydrogens is 430 g/mol. The van der Waals surface area contributed by atoms with Gasteiger partial charge >= 0.3 is 7.82 Å². The molecule has 0 amide bonds. The molecule has 1 unspecified atom stereocenters. The maximum atomic E-state index is 11.5. The summed E-state index contributed by atoms with van der Waals surface area (Å²) in [4.78, 5) is 43.5. The van der Waals surface area contributed by atoms with Crippen LogP contribution in [-0.4, -0.2) is 4.89 Å². The Kier molecular flexibility index (Phi) is 5.16. The minimum Gasteiger partial charge on any atom is -0.780 e. The summed E-state index contributed by atoms with van der Waals surface area (Å²) in [6.45, 7) is 0. The molecule has 0 heterocycles. The van der Waals surface area contributed by atoms with Gasteiger partial charge in [-0.1, -0.05) is 60.7 Å². The number of phosphoric acid groups is 2. The van der Waals surface area contributed by atoms with Crippen molar-refractivity contribution in [2.75, 3.05) is 0 Å². The zero-order valence-electron chi connectivity index (χ0n) is 15.1. The van der Waals surface area contributed by atoms with Crippen LogP contribution < -0.4 is 23.7 Å². The van der Waals surface area contributed by atoms with Crippen molar-refractivity contribution in [3.05, 3.63) is 72.8 Å². The normalized spacial score (nSPS) is 13.9. The van der Waals surface area contributed by atoms with Crippen molar-refractivity contribution in [2.24, 2.45) is 0 Å². The first-order valence-electron chi connectivity index (χ1n) is 8.61. The molecule has 0 aliphatic rings. The molecule has 1 atom stereocenters. The van der Waals surface area contributed by atoms with Crippen LogP contribution in [0.15, 0.2) is 72.8 Å². The van der Waals surface area contributed by atoms with Crippen LogP contribution in [0, 0.1) is 0 Å². The van der Waals surface area contributed by atoms with Crippen molar-refractivity contribution in [1.29, 1.82) is 0 Å². The number of rotatable bonds is 5. The van der Waals surface area contributed by atoms with E-state index in [0.717, 1.165) is 0 Å². The summed E-state index contributed by atoms with van der Waals surface area (Å²) >= 11 is 0. The first-order chi connectivity index (χ1) is 14.1. The van der Waals surface area contributed by atoms with Gasteiger partial charge in [0.1, 0.15) is 19.3 Å². The second-order valence-corrected chi connectivity index (χ2v) is 8.61. The standard InChI is InChI=1S/C20H16O8P2/c21-29(22,23)27-17-11-9-13-5-1-3-7-15(13)19(17)20-16-8-4-2-6-14(16)10-12-18(20)28-30(24,25)26/h1-12H,(H2,21,22,23)(H2,24,25,26)/p-3. The Morgan fingerprint density at radius 2 is 1.07 bits per heavy atom. The van der Waals surface area contributed by atoms with Crippen LogP contribution in [0.25, 0.3) is 32.7 Å².